The van der Waals surface area contributed by atoms with E-state index in [1.807, 2.05) is 24.9 Å². The molecule has 7 nitrogen and oxygen atoms in total. The Kier molecular flexibility index (Phi) is 5.11. The molecule has 1 saturated heterocycles. The highest BCUT2D eigenvalue weighted by atomic mass is 16.2. The number of nitrogens with zero attached hydrogens (tertiary/aromatic N) is 4. The Balaban J connectivity index is 1.52. The molecule has 0 bridgehead atoms. The number of aromatic nitrogens is 3. The highest BCUT2D eigenvalue weighted by molar-refractivity contribution is 5.94. The fourth-order valence-electron chi connectivity index (χ4n) is 2.91. The summed E-state index contributed by atoms with van der Waals surface area (Å²) in [6.07, 6.45) is 6.55. The van der Waals surface area contributed by atoms with Crippen LogP contribution in [0, 0.1) is 0 Å². The third kappa shape index (κ3) is 4.04. The van der Waals surface area contributed by atoms with Gasteiger partial charge in [-0.25, -0.2) is 0 Å². The van der Waals surface area contributed by atoms with Gasteiger partial charge in [0, 0.05) is 49.3 Å². The third-order valence-corrected chi connectivity index (χ3v) is 4.41. The molecule has 25 heavy (non-hydrogen) atoms. The van der Waals surface area contributed by atoms with Crippen LogP contribution in [0.2, 0.25) is 0 Å². The normalized spacial score (nSPS) is 15.4. The third-order valence-electron chi connectivity index (χ3n) is 4.41. The second-order valence-electron chi connectivity index (χ2n) is 6.55. The molecule has 0 unspecified atom stereocenters. The predicted molar refractivity (Wildman–Crippen MR) is 93.2 cm³/mol. The Morgan fingerprint density at radius 1 is 1.16 bits per heavy atom. The molecule has 0 aliphatic carbocycles. The van der Waals surface area contributed by atoms with Crippen molar-refractivity contribution in [3.05, 3.63) is 48.0 Å². The Bertz CT molecular complexity index is 733. The summed E-state index contributed by atoms with van der Waals surface area (Å²) in [6.45, 7) is 5.30. The van der Waals surface area contributed by atoms with E-state index in [2.05, 4.69) is 15.4 Å². The van der Waals surface area contributed by atoms with Crippen molar-refractivity contribution in [2.45, 2.75) is 38.8 Å². The van der Waals surface area contributed by atoms with Crippen LogP contribution in [0.3, 0.4) is 0 Å². The van der Waals surface area contributed by atoms with Crippen LogP contribution in [-0.2, 0) is 0 Å². The largest absolute Gasteiger partial charge is 0.348 e. The molecule has 132 valence electrons. The molecule has 1 fully saturated rings. The van der Waals surface area contributed by atoms with Crippen molar-refractivity contribution < 1.29 is 9.59 Å². The second-order valence-corrected chi connectivity index (χ2v) is 6.55. The molecule has 0 saturated carbocycles. The van der Waals surface area contributed by atoms with Crippen LogP contribution in [0.4, 0.5) is 0 Å². The van der Waals surface area contributed by atoms with Gasteiger partial charge in [0.2, 0.25) is 0 Å². The summed E-state index contributed by atoms with van der Waals surface area (Å²) in [5.41, 5.74) is 1.08. The van der Waals surface area contributed by atoms with E-state index < -0.39 is 0 Å². The zero-order valence-corrected chi connectivity index (χ0v) is 14.6. The zero-order chi connectivity index (χ0) is 17.8. The SMILES string of the molecule is CC(C)n1ccc(C(=O)NC2CCN(C(=O)c3ccncc3)CC2)n1. The first kappa shape index (κ1) is 17.1. The monoisotopic (exact) mass is 341 g/mol. The molecule has 7 heteroatoms. The molecule has 0 atom stereocenters. The van der Waals surface area contributed by atoms with E-state index >= 15 is 0 Å². The summed E-state index contributed by atoms with van der Waals surface area (Å²) in [6, 6.07) is 5.47. The van der Waals surface area contributed by atoms with Crippen LogP contribution in [0.5, 0.6) is 0 Å². The van der Waals surface area contributed by atoms with Crippen molar-refractivity contribution in [1.82, 2.24) is 25.0 Å². The van der Waals surface area contributed by atoms with E-state index in [4.69, 9.17) is 0 Å². The van der Waals surface area contributed by atoms with Crippen molar-refractivity contribution in [2.24, 2.45) is 0 Å². The van der Waals surface area contributed by atoms with Gasteiger partial charge in [-0.3, -0.25) is 19.3 Å². The fourth-order valence-corrected chi connectivity index (χ4v) is 2.91. The van der Waals surface area contributed by atoms with Crippen molar-refractivity contribution >= 4 is 11.8 Å². The molecule has 0 spiro atoms. The van der Waals surface area contributed by atoms with E-state index in [9.17, 15) is 9.59 Å². The lowest BCUT2D eigenvalue weighted by atomic mass is 10.0. The quantitative estimate of drug-likeness (QED) is 0.921. The Hall–Kier alpha value is -2.70. The average Bonchev–Trinajstić information content (AvgIpc) is 3.13. The van der Waals surface area contributed by atoms with E-state index in [1.54, 1.807) is 35.3 Å². The number of nitrogens with one attached hydrogen (secondary N) is 1. The van der Waals surface area contributed by atoms with E-state index in [0.29, 0.717) is 24.3 Å². The number of piperidine rings is 1. The summed E-state index contributed by atoms with van der Waals surface area (Å²) in [7, 11) is 0. The van der Waals surface area contributed by atoms with Crippen molar-refractivity contribution in [2.75, 3.05) is 13.1 Å². The molecule has 3 heterocycles. The number of carbonyl (C=O) groups excluding carboxylic acids is 2. The minimum absolute atomic E-state index is 0.0165. The molecule has 1 aliphatic heterocycles. The number of pyridine rings is 1. The molecule has 2 aromatic heterocycles. The highest BCUT2D eigenvalue weighted by Gasteiger charge is 2.25. The predicted octanol–water partition coefficient (Wildman–Crippen LogP) is 1.89. The maximum absolute atomic E-state index is 12.4. The lowest BCUT2D eigenvalue weighted by molar-refractivity contribution is 0.0697. The maximum atomic E-state index is 12.4. The van der Waals surface area contributed by atoms with Gasteiger partial charge >= 0.3 is 0 Å². The summed E-state index contributed by atoms with van der Waals surface area (Å²) >= 11 is 0. The van der Waals surface area contributed by atoms with Gasteiger partial charge in [-0.15, -0.1) is 0 Å². The second kappa shape index (κ2) is 7.46. The van der Waals surface area contributed by atoms with Crippen molar-refractivity contribution in [3.8, 4) is 0 Å². The van der Waals surface area contributed by atoms with Gasteiger partial charge in [0.25, 0.3) is 11.8 Å². The number of hydrogen-bond donors (Lipinski definition) is 1. The van der Waals surface area contributed by atoms with Crippen LogP contribution in [0.15, 0.2) is 36.8 Å². The number of likely N-dealkylation sites (tertiary alicyclic amines) is 1. The van der Waals surface area contributed by atoms with Gasteiger partial charge in [0.1, 0.15) is 5.69 Å². The zero-order valence-electron chi connectivity index (χ0n) is 14.6. The highest BCUT2D eigenvalue weighted by Crippen LogP contribution is 2.14. The first-order chi connectivity index (χ1) is 12.0. The van der Waals surface area contributed by atoms with Crippen LogP contribution >= 0.6 is 0 Å². The van der Waals surface area contributed by atoms with Crippen LogP contribution in [0.1, 0.15) is 53.6 Å². The molecule has 2 aromatic rings. The molecule has 0 aromatic carbocycles. The topological polar surface area (TPSA) is 80.1 Å². The summed E-state index contributed by atoms with van der Waals surface area (Å²) in [5.74, 6) is -0.138. The van der Waals surface area contributed by atoms with Gasteiger partial charge < -0.3 is 10.2 Å². The van der Waals surface area contributed by atoms with Crippen molar-refractivity contribution in [3.63, 3.8) is 0 Å². The van der Waals surface area contributed by atoms with Gasteiger partial charge in [-0.1, -0.05) is 0 Å². The molecule has 1 N–H and O–H groups in total. The van der Waals surface area contributed by atoms with E-state index in [-0.39, 0.29) is 23.9 Å². The molecular weight excluding hydrogens is 318 g/mol. The number of carbonyl (C=O) groups is 2. The number of rotatable bonds is 4. The minimum atomic E-state index is -0.154. The minimum Gasteiger partial charge on any atom is -0.348 e. The average molecular weight is 341 g/mol. The first-order valence-corrected chi connectivity index (χ1v) is 8.60. The summed E-state index contributed by atoms with van der Waals surface area (Å²) in [5, 5.41) is 7.32. The van der Waals surface area contributed by atoms with Gasteiger partial charge in [0.05, 0.1) is 0 Å². The maximum Gasteiger partial charge on any atom is 0.271 e. The Morgan fingerprint density at radius 2 is 1.84 bits per heavy atom. The van der Waals surface area contributed by atoms with E-state index in [1.165, 1.54) is 0 Å². The lowest BCUT2D eigenvalue weighted by Gasteiger charge is -2.32. The van der Waals surface area contributed by atoms with Crippen LogP contribution < -0.4 is 5.32 Å². The van der Waals surface area contributed by atoms with Gasteiger partial charge in [0.15, 0.2) is 0 Å². The van der Waals surface area contributed by atoms with Gasteiger partial charge in [-0.2, -0.15) is 5.10 Å². The smallest absolute Gasteiger partial charge is 0.271 e. The molecular formula is C18H23N5O2. The lowest BCUT2D eigenvalue weighted by Crippen LogP contribution is -2.46. The summed E-state index contributed by atoms with van der Waals surface area (Å²) in [4.78, 5) is 30.5. The van der Waals surface area contributed by atoms with Crippen LogP contribution in [0.25, 0.3) is 0 Å². The molecule has 1 aliphatic rings. The Labute approximate surface area is 147 Å². The number of hydrogen-bond acceptors (Lipinski definition) is 4. The van der Waals surface area contributed by atoms with E-state index in [0.717, 1.165) is 12.8 Å². The number of amides is 2. The summed E-state index contributed by atoms with van der Waals surface area (Å²) < 4.78 is 1.77. The fraction of sp³-hybridized carbons (Fsp3) is 0.444. The molecule has 3 rings (SSSR count). The Morgan fingerprint density at radius 3 is 2.44 bits per heavy atom. The molecule has 2 amide bonds. The first-order valence-electron chi connectivity index (χ1n) is 8.60. The molecule has 0 radical (unpaired) electrons. The van der Waals surface area contributed by atoms with Crippen molar-refractivity contribution in [1.29, 1.82) is 0 Å². The van der Waals surface area contributed by atoms with Gasteiger partial charge in [-0.05, 0) is 44.9 Å². The standard InChI is InChI=1S/C18H23N5O2/c1-13(2)23-12-7-16(21-23)17(24)20-15-5-10-22(11-6-15)18(25)14-3-8-19-9-4-14/h3-4,7-9,12-13,15H,5-6,10-11H2,1-2H3,(H,20,24). The van der Waals surface area contributed by atoms with Crippen LogP contribution in [-0.4, -0.2) is 50.6 Å².